The van der Waals surface area contributed by atoms with E-state index < -0.39 is 5.41 Å². The van der Waals surface area contributed by atoms with Crippen LogP contribution in [0.4, 0.5) is 0 Å². The highest BCUT2D eigenvalue weighted by Crippen LogP contribution is 2.39. The lowest BCUT2D eigenvalue weighted by molar-refractivity contribution is 0.0767. The average Bonchev–Trinajstić information content (AvgIpc) is 2.72. The second kappa shape index (κ2) is 4.71. The molecule has 100 valence electrons. The Labute approximate surface area is 118 Å². The topological polar surface area (TPSA) is 34.1 Å². The first-order valence-corrected chi connectivity index (χ1v) is 6.81. The molecule has 2 nitrogen and oxygen atoms in total. The molecule has 0 aliphatic heterocycles. The van der Waals surface area contributed by atoms with Gasteiger partial charge in [-0.15, -0.1) is 0 Å². The van der Waals surface area contributed by atoms with E-state index >= 15 is 0 Å². The van der Waals surface area contributed by atoms with Crippen LogP contribution < -0.4 is 0 Å². The van der Waals surface area contributed by atoms with E-state index in [-0.39, 0.29) is 18.0 Å². The molecule has 0 N–H and O–H groups in total. The van der Waals surface area contributed by atoms with Crippen LogP contribution in [0.2, 0.25) is 0 Å². The highest BCUT2D eigenvalue weighted by Gasteiger charge is 2.42. The fourth-order valence-corrected chi connectivity index (χ4v) is 2.94. The summed E-state index contributed by atoms with van der Waals surface area (Å²) in [4.78, 5) is 24.9. The predicted molar refractivity (Wildman–Crippen MR) is 78.0 cm³/mol. The first kappa shape index (κ1) is 12.8. The molecule has 0 saturated carbocycles. The molecule has 20 heavy (non-hydrogen) atoms. The van der Waals surface area contributed by atoms with E-state index in [1.54, 1.807) is 12.1 Å². The molecule has 0 aromatic heterocycles. The summed E-state index contributed by atoms with van der Waals surface area (Å²) in [6.45, 7) is 1.90. The van der Waals surface area contributed by atoms with E-state index in [1.165, 1.54) is 0 Å². The third-order valence-electron chi connectivity index (χ3n) is 4.04. The van der Waals surface area contributed by atoms with E-state index in [4.69, 9.17) is 0 Å². The van der Waals surface area contributed by atoms with Crippen molar-refractivity contribution in [2.75, 3.05) is 0 Å². The fraction of sp³-hybridized carbons (Fsp3) is 0.222. The zero-order valence-corrected chi connectivity index (χ0v) is 11.4. The smallest absolute Gasteiger partial charge is 0.169 e. The zero-order valence-electron chi connectivity index (χ0n) is 11.4. The van der Waals surface area contributed by atoms with Gasteiger partial charge in [0.15, 0.2) is 11.6 Å². The summed E-state index contributed by atoms with van der Waals surface area (Å²) >= 11 is 0. The summed E-state index contributed by atoms with van der Waals surface area (Å²) in [7, 11) is 0. The molecular formula is C18H16O2. The molecule has 0 amide bonds. The van der Waals surface area contributed by atoms with Gasteiger partial charge < -0.3 is 0 Å². The molecule has 0 radical (unpaired) electrons. The van der Waals surface area contributed by atoms with Crippen LogP contribution in [0.5, 0.6) is 0 Å². The van der Waals surface area contributed by atoms with Gasteiger partial charge in [-0.25, -0.2) is 0 Å². The second-order valence-electron chi connectivity index (χ2n) is 5.69. The largest absolute Gasteiger partial charge is 0.294 e. The fourth-order valence-electron chi connectivity index (χ4n) is 2.94. The Morgan fingerprint density at radius 3 is 2.40 bits per heavy atom. The summed E-state index contributed by atoms with van der Waals surface area (Å²) in [6, 6.07) is 16.8. The number of fused-ring (bicyclic) bond motifs is 1. The van der Waals surface area contributed by atoms with Crippen molar-refractivity contribution in [3.63, 3.8) is 0 Å². The highest BCUT2D eigenvalue weighted by molar-refractivity contribution is 6.08. The van der Waals surface area contributed by atoms with Crippen LogP contribution in [0.3, 0.4) is 0 Å². The molecule has 1 atom stereocenters. The van der Waals surface area contributed by atoms with E-state index in [1.807, 2.05) is 49.4 Å². The van der Waals surface area contributed by atoms with Gasteiger partial charge in [0.1, 0.15) is 0 Å². The summed E-state index contributed by atoms with van der Waals surface area (Å²) < 4.78 is 0. The molecule has 2 aromatic carbocycles. The van der Waals surface area contributed by atoms with Gasteiger partial charge in [0.2, 0.25) is 0 Å². The van der Waals surface area contributed by atoms with Crippen molar-refractivity contribution in [2.24, 2.45) is 5.41 Å². The van der Waals surface area contributed by atoms with Crippen molar-refractivity contribution in [1.29, 1.82) is 0 Å². The quantitative estimate of drug-likeness (QED) is 0.792. The van der Waals surface area contributed by atoms with Gasteiger partial charge in [-0.3, -0.25) is 9.59 Å². The second-order valence-corrected chi connectivity index (χ2v) is 5.69. The summed E-state index contributed by atoms with van der Waals surface area (Å²) in [5, 5.41) is 0. The molecule has 1 aliphatic rings. The molecule has 0 fully saturated rings. The van der Waals surface area contributed by atoms with Gasteiger partial charge >= 0.3 is 0 Å². The Morgan fingerprint density at radius 2 is 1.70 bits per heavy atom. The number of benzene rings is 2. The van der Waals surface area contributed by atoms with Crippen molar-refractivity contribution in [3.8, 4) is 0 Å². The van der Waals surface area contributed by atoms with Gasteiger partial charge in [-0.05, 0) is 12.0 Å². The molecule has 2 aromatic rings. The van der Waals surface area contributed by atoms with Crippen molar-refractivity contribution in [2.45, 2.75) is 19.8 Å². The maximum atomic E-state index is 12.5. The normalized spacial score (nSPS) is 20.8. The number of rotatable bonds is 3. The first-order chi connectivity index (χ1) is 9.60. The number of carbonyl (C=O) groups is 2. The Morgan fingerprint density at radius 1 is 1.05 bits per heavy atom. The maximum Gasteiger partial charge on any atom is 0.169 e. The van der Waals surface area contributed by atoms with E-state index in [0.717, 1.165) is 11.1 Å². The minimum Gasteiger partial charge on any atom is -0.294 e. The molecule has 0 bridgehead atoms. The van der Waals surface area contributed by atoms with Gasteiger partial charge in [0.05, 0.1) is 0 Å². The molecule has 0 saturated heterocycles. The van der Waals surface area contributed by atoms with Gasteiger partial charge in [-0.1, -0.05) is 61.5 Å². The van der Waals surface area contributed by atoms with Gasteiger partial charge in [0.25, 0.3) is 0 Å². The Hall–Kier alpha value is -2.22. The number of hydrogen-bond acceptors (Lipinski definition) is 2. The number of Topliss-reactive ketones (excluding diaryl/α,β-unsaturated/α-hetero) is 2. The lowest BCUT2D eigenvalue weighted by Crippen LogP contribution is -2.27. The molecule has 0 heterocycles. The Kier molecular flexibility index (Phi) is 3.01. The maximum absolute atomic E-state index is 12.5. The zero-order chi connectivity index (χ0) is 14.2. The van der Waals surface area contributed by atoms with Gasteiger partial charge in [0, 0.05) is 23.0 Å². The number of carbonyl (C=O) groups excluding carboxylic acids is 2. The molecule has 1 unspecified atom stereocenters. The molecule has 1 aliphatic carbocycles. The standard InChI is InChI=1S/C18H16O2/c1-18(12-16(19)13-7-3-2-4-8-13)11-14-9-5-6-10-15(14)17(18)20/h2-10H,11-12H2,1H3. The first-order valence-electron chi connectivity index (χ1n) is 6.81. The predicted octanol–water partition coefficient (Wildman–Crippen LogP) is 3.70. The minimum atomic E-state index is -0.601. The van der Waals surface area contributed by atoms with E-state index in [0.29, 0.717) is 12.0 Å². The SMILES string of the molecule is CC1(CC(=O)c2ccccc2)Cc2ccccc2C1=O. The number of hydrogen-bond donors (Lipinski definition) is 0. The van der Waals surface area contributed by atoms with Crippen LogP contribution in [0.1, 0.15) is 39.6 Å². The van der Waals surface area contributed by atoms with Crippen molar-refractivity contribution >= 4 is 11.6 Å². The van der Waals surface area contributed by atoms with Crippen LogP contribution in [-0.2, 0) is 6.42 Å². The monoisotopic (exact) mass is 264 g/mol. The highest BCUT2D eigenvalue weighted by atomic mass is 16.1. The summed E-state index contributed by atoms with van der Waals surface area (Å²) in [5.41, 5.74) is 1.91. The van der Waals surface area contributed by atoms with Crippen molar-refractivity contribution in [1.82, 2.24) is 0 Å². The van der Waals surface area contributed by atoms with Crippen molar-refractivity contribution in [3.05, 3.63) is 71.3 Å². The van der Waals surface area contributed by atoms with Crippen LogP contribution in [0, 0.1) is 5.41 Å². The van der Waals surface area contributed by atoms with E-state index in [9.17, 15) is 9.59 Å². The molecule has 0 spiro atoms. The van der Waals surface area contributed by atoms with E-state index in [2.05, 4.69) is 0 Å². The van der Waals surface area contributed by atoms with Crippen LogP contribution >= 0.6 is 0 Å². The molecule has 2 heteroatoms. The molecular weight excluding hydrogens is 248 g/mol. The van der Waals surface area contributed by atoms with Crippen LogP contribution in [0.15, 0.2) is 54.6 Å². The number of ketones is 2. The Balaban J connectivity index is 1.86. The Bertz CT molecular complexity index is 673. The van der Waals surface area contributed by atoms with Crippen molar-refractivity contribution < 1.29 is 9.59 Å². The average molecular weight is 264 g/mol. The van der Waals surface area contributed by atoms with Crippen LogP contribution in [-0.4, -0.2) is 11.6 Å². The third-order valence-corrected chi connectivity index (χ3v) is 4.04. The summed E-state index contributed by atoms with van der Waals surface area (Å²) in [5.74, 6) is 0.131. The minimum absolute atomic E-state index is 0.0363. The lowest BCUT2D eigenvalue weighted by atomic mass is 9.80. The lowest BCUT2D eigenvalue weighted by Gasteiger charge is -2.20. The molecule has 3 rings (SSSR count). The van der Waals surface area contributed by atoms with Crippen LogP contribution in [0.25, 0.3) is 0 Å². The third kappa shape index (κ3) is 2.07. The van der Waals surface area contributed by atoms with Gasteiger partial charge in [-0.2, -0.15) is 0 Å². The summed E-state index contributed by atoms with van der Waals surface area (Å²) in [6.07, 6.45) is 0.922.